The lowest BCUT2D eigenvalue weighted by molar-refractivity contribution is 0.0697. The Morgan fingerprint density at radius 1 is 1.47 bits per heavy atom. The van der Waals surface area contributed by atoms with E-state index in [1.54, 1.807) is 12.1 Å². The minimum absolute atomic E-state index is 0.0753. The highest BCUT2D eigenvalue weighted by Crippen LogP contribution is 2.21. The number of rotatable bonds is 2. The Morgan fingerprint density at radius 3 is 2.87 bits per heavy atom. The van der Waals surface area contributed by atoms with Gasteiger partial charge in [0.15, 0.2) is 0 Å². The fourth-order valence-corrected chi connectivity index (χ4v) is 1.28. The highest BCUT2D eigenvalue weighted by atomic mass is 16.4. The molecule has 5 heteroatoms. The fraction of sp³-hybridized carbons (Fsp3) is 0. The van der Waals surface area contributed by atoms with E-state index in [0.717, 1.165) is 6.07 Å². The van der Waals surface area contributed by atoms with E-state index in [-0.39, 0.29) is 5.56 Å². The summed E-state index contributed by atoms with van der Waals surface area (Å²) in [6.07, 6.45) is 2.76. The maximum absolute atomic E-state index is 11.0. The van der Waals surface area contributed by atoms with Crippen LogP contribution >= 0.6 is 0 Å². The standard InChI is InChI=1S/C10H7NO4/c12-9-4-6(10(13)14)7(5-11-9)8-2-1-3-15-8/h1-5H,(H,11,12)(H,13,14). The molecule has 0 amide bonds. The summed E-state index contributed by atoms with van der Waals surface area (Å²) in [5.74, 6) is -0.754. The van der Waals surface area contributed by atoms with Gasteiger partial charge in [-0.25, -0.2) is 4.79 Å². The minimum atomic E-state index is -1.16. The average Bonchev–Trinajstić information content (AvgIpc) is 2.70. The van der Waals surface area contributed by atoms with Gasteiger partial charge in [0, 0.05) is 17.8 Å². The molecule has 0 aliphatic carbocycles. The molecule has 2 aromatic heterocycles. The lowest BCUT2D eigenvalue weighted by Gasteiger charge is -2.00. The molecule has 0 fully saturated rings. The average molecular weight is 205 g/mol. The van der Waals surface area contributed by atoms with E-state index in [9.17, 15) is 9.59 Å². The van der Waals surface area contributed by atoms with Crippen LogP contribution in [0.4, 0.5) is 0 Å². The summed E-state index contributed by atoms with van der Waals surface area (Å²) in [6.45, 7) is 0. The first-order valence-corrected chi connectivity index (χ1v) is 4.18. The quantitative estimate of drug-likeness (QED) is 0.774. The van der Waals surface area contributed by atoms with E-state index in [1.807, 2.05) is 0 Å². The zero-order chi connectivity index (χ0) is 10.8. The number of pyridine rings is 1. The van der Waals surface area contributed by atoms with Gasteiger partial charge in [0.05, 0.1) is 11.8 Å². The second-order valence-electron chi connectivity index (χ2n) is 2.91. The highest BCUT2D eigenvalue weighted by molar-refractivity contribution is 5.94. The molecule has 0 spiro atoms. The molecule has 2 rings (SSSR count). The number of carbonyl (C=O) groups is 1. The maximum Gasteiger partial charge on any atom is 0.336 e. The van der Waals surface area contributed by atoms with Crippen molar-refractivity contribution in [3.63, 3.8) is 0 Å². The van der Waals surface area contributed by atoms with Crippen LogP contribution in [0.1, 0.15) is 10.4 Å². The smallest absolute Gasteiger partial charge is 0.336 e. The zero-order valence-electron chi connectivity index (χ0n) is 7.56. The number of carboxylic acids is 1. The predicted octanol–water partition coefficient (Wildman–Crippen LogP) is 1.33. The lowest BCUT2D eigenvalue weighted by atomic mass is 10.1. The summed E-state index contributed by atoms with van der Waals surface area (Å²) in [5, 5.41) is 8.89. The number of hydrogen-bond acceptors (Lipinski definition) is 3. The van der Waals surface area contributed by atoms with Crippen molar-refractivity contribution in [1.29, 1.82) is 0 Å². The van der Waals surface area contributed by atoms with Crippen molar-refractivity contribution in [3.05, 3.63) is 46.6 Å². The number of aromatic amines is 1. The molecular formula is C10H7NO4. The first-order chi connectivity index (χ1) is 7.18. The van der Waals surface area contributed by atoms with E-state index in [0.29, 0.717) is 11.3 Å². The van der Waals surface area contributed by atoms with Crippen LogP contribution in [0.2, 0.25) is 0 Å². The van der Waals surface area contributed by atoms with Gasteiger partial charge in [-0.2, -0.15) is 0 Å². The van der Waals surface area contributed by atoms with E-state index < -0.39 is 11.5 Å². The number of furan rings is 1. The Balaban J connectivity index is 2.66. The third-order valence-electron chi connectivity index (χ3n) is 1.94. The molecule has 2 aromatic rings. The van der Waals surface area contributed by atoms with Gasteiger partial charge in [-0.3, -0.25) is 4.79 Å². The van der Waals surface area contributed by atoms with Gasteiger partial charge in [0.25, 0.3) is 0 Å². The summed E-state index contributed by atoms with van der Waals surface area (Å²) in [6, 6.07) is 4.30. The molecule has 0 aliphatic rings. The van der Waals surface area contributed by atoms with Gasteiger partial charge in [-0.1, -0.05) is 0 Å². The summed E-state index contributed by atoms with van der Waals surface area (Å²) >= 11 is 0. The summed E-state index contributed by atoms with van der Waals surface area (Å²) in [5.41, 5.74) is -0.177. The van der Waals surface area contributed by atoms with Crippen LogP contribution in [0.5, 0.6) is 0 Å². The molecule has 15 heavy (non-hydrogen) atoms. The van der Waals surface area contributed by atoms with Gasteiger partial charge in [-0.15, -0.1) is 0 Å². The Labute approximate surface area is 84.0 Å². The minimum Gasteiger partial charge on any atom is -0.478 e. The number of aromatic carboxylic acids is 1. The Morgan fingerprint density at radius 2 is 2.27 bits per heavy atom. The van der Waals surface area contributed by atoms with Crippen molar-refractivity contribution in [2.24, 2.45) is 0 Å². The van der Waals surface area contributed by atoms with Crippen LogP contribution in [0, 0.1) is 0 Å². The number of carboxylic acid groups (broad SMARTS) is 1. The van der Waals surface area contributed by atoms with Crippen LogP contribution in [0.25, 0.3) is 11.3 Å². The third kappa shape index (κ3) is 1.67. The van der Waals surface area contributed by atoms with Gasteiger partial charge in [0.2, 0.25) is 5.56 Å². The molecule has 0 aliphatic heterocycles. The summed E-state index contributed by atoms with van der Waals surface area (Å²) < 4.78 is 5.06. The van der Waals surface area contributed by atoms with Gasteiger partial charge < -0.3 is 14.5 Å². The van der Waals surface area contributed by atoms with Crippen molar-refractivity contribution in [2.45, 2.75) is 0 Å². The normalized spacial score (nSPS) is 10.1. The maximum atomic E-state index is 11.0. The number of hydrogen-bond donors (Lipinski definition) is 2. The number of aromatic nitrogens is 1. The second-order valence-corrected chi connectivity index (χ2v) is 2.91. The Bertz CT molecular complexity index is 539. The van der Waals surface area contributed by atoms with Gasteiger partial charge in [0.1, 0.15) is 5.76 Å². The largest absolute Gasteiger partial charge is 0.478 e. The topological polar surface area (TPSA) is 83.3 Å². The predicted molar refractivity (Wildman–Crippen MR) is 51.7 cm³/mol. The molecule has 2 heterocycles. The van der Waals surface area contributed by atoms with Crippen LogP contribution in [0.3, 0.4) is 0 Å². The molecule has 0 aromatic carbocycles. The van der Waals surface area contributed by atoms with Crippen molar-refractivity contribution in [2.75, 3.05) is 0 Å². The lowest BCUT2D eigenvalue weighted by Crippen LogP contribution is -2.10. The van der Waals surface area contributed by atoms with E-state index in [4.69, 9.17) is 9.52 Å². The second kappa shape index (κ2) is 3.45. The van der Waals surface area contributed by atoms with E-state index in [2.05, 4.69) is 4.98 Å². The number of nitrogens with one attached hydrogen (secondary N) is 1. The monoisotopic (exact) mass is 205 g/mol. The SMILES string of the molecule is O=C(O)c1cc(=O)[nH]cc1-c1ccco1. The van der Waals surface area contributed by atoms with Crippen molar-refractivity contribution in [3.8, 4) is 11.3 Å². The van der Waals surface area contributed by atoms with Crippen molar-refractivity contribution in [1.82, 2.24) is 4.98 Å². The molecule has 0 saturated carbocycles. The molecule has 0 radical (unpaired) electrons. The molecular weight excluding hydrogens is 198 g/mol. The first-order valence-electron chi connectivity index (χ1n) is 4.18. The molecule has 0 bridgehead atoms. The van der Waals surface area contributed by atoms with E-state index >= 15 is 0 Å². The zero-order valence-corrected chi connectivity index (χ0v) is 7.56. The van der Waals surface area contributed by atoms with Crippen LogP contribution in [-0.4, -0.2) is 16.1 Å². The molecule has 0 unspecified atom stereocenters. The number of H-pyrrole nitrogens is 1. The third-order valence-corrected chi connectivity index (χ3v) is 1.94. The molecule has 0 saturated heterocycles. The summed E-state index contributed by atoms with van der Waals surface area (Å²) in [4.78, 5) is 24.2. The first kappa shape index (κ1) is 9.26. The van der Waals surface area contributed by atoms with E-state index in [1.165, 1.54) is 12.5 Å². The van der Waals surface area contributed by atoms with Gasteiger partial charge >= 0.3 is 5.97 Å². The molecule has 2 N–H and O–H groups in total. The van der Waals surface area contributed by atoms with Gasteiger partial charge in [-0.05, 0) is 12.1 Å². The highest BCUT2D eigenvalue weighted by Gasteiger charge is 2.13. The molecule has 5 nitrogen and oxygen atoms in total. The summed E-state index contributed by atoms with van der Waals surface area (Å²) in [7, 11) is 0. The van der Waals surface area contributed by atoms with Crippen molar-refractivity contribution >= 4 is 5.97 Å². The molecule has 76 valence electrons. The Kier molecular flexibility index (Phi) is 2.13. The van der Waals surface area contributed by atoms with Crippen LogP contribution in [0.15, 0.2) is 39.9 Å². The van der Waals surface area contributed by atoms with Crippen LogP contribution in [-0.2, 0) is 0 Å². The Hall–Kier alpha value is -2.30. The molecule has 0 atom stereocenters. The fourth-order valence-electron chi connectivity index (χ4n) is 1.28. The van der Waals surface area contributed by atoms with Crippen molar-refractivity contribution < 1.29 is 14.3 Å². The van der Waals surface area contributed by atoms with Crippen LogP contribution < -0.4 is 5.56 Å².